The Morgan fingerprint density at radius 2 is 1.86 bits per heavy atom. The Kier molecular flexibility index (Phi) is 5.24. The molecule has 4 aromatic rings. The molecule has 0 bridgehead atoms. The molecule has 3 heterocycles. The van der Waals surface area contributed by atoms with Crippen LogP contribution >= 0.6 is 0 Å². The van der Waals surface area contributed by atoms with Crippen molar-refractivity contribution in [1.82, 2.24) is 20.3 Å². The topological polar surface area (TPSA) is 67.8 Å². The molecule has 0 aliphatic rings. The van der Waals surface area contributed by atoms with Gasteiger partial charge in [0.25, 0.3) is 5.91 Å². The van der Waals surface area contributed by atoms with E-state index < -0.39 is 0 Å². The van der Waals surface area contributed by atoms with Gasteiger partial charge < -0.3 is 5.32 Å². The number of pyridine rings is 3. The molecule has 1 atom stereocenters. The number of carbonyl (C=O) groups is 1. The summed E-state index contributed by atoms with van der Waals surface area (Å²) >= 11 is 0. The summed E-state index contributed by atoms with van der Waals surface area (Å²) in [5.41, 5.74) is 3.56. The molecule has 144 valence electrons. The van der Waals surface area contributed by atoms with Crippen molar-refractivity contribution < 1.29 is 9.18 Å². The van der Waals surface area contributed by atoms with Gasteiger partial charge in [-0.2, -0.15) is 0 Å². The van der Waals surface area contributed by atoms with Gasteiger partial charge in [0.15, 0.2) is 0 Å². The molecule has 0 aliphatic heterocycles. The van der Waals surface area contributed by atoms with Crippen molar-refractivity contribution in [2.45, 2.75) is 19.4 Å². The van der Waals surface area contributed by atoms with Gasteiger partial charge >= 0.3 is 0 Å². The molecule has 0 spiro atoms. The van der Waals surface area contributed by atoms with E-state index in [0.29, 0.717) is 17.6 Å². The lowest BCUT2D eigenvalue weighted by atomic mass is 10.0. The number of rotatable bonds is 5. The minimum Gasteiger partial charge on any atom is -0.344 e. The van der Waals surface area contributed by atoms with E-state index in [4.69, 9.17) is 0 Å². The maximum absolute atomic E-state index is 13.2. The number of benzene rings is 1. The Bertz CT molecular complexity index is 1150. The predicted octanol–water partition coefficient (Wildman–Crippen LogP) is 4.71. The minimum absolute atomic E-state index is 0.236. The van der Waals surface area contributed by atoms with E-state index >= 15 is 0 Å². The highest BCUT2D eigenvalue weighted by Gasteiger charge is 2.18. The van der Waals surface area contributed by atoms with Crippen LogP contribution < -0.4 is 5.32 Å². The monoisotopic (exact) mass is 386 g/mol. The van der Waals surface area contributed by atoms with Crippen molar-refractivity contribution in [1.29, 1.82) is 0 Å². The smallest absolute Gasteiger partial charge is 0.270 e. The van der Waals surface area contributed by atoms with Crippen LogP contribution in [0.4, 0.5) is 4.39 Å². The van der Waals surface area contributed by atoms with Crippen LogP contribution in [0.1, 0.15) is 35.4 Å². The van der Waals surface area contributed by atoms with Crippen LogP contribution in [0.2, 0.25) is 0 Å². The standard InChI is InChI=1S/C23H19FN4O/c1-2-20(15-5-7-17(24)8-6-15)28-23(29)22-12-18(16-4-3-10-25-13-16)19-14-26-11-9-21(19)27-22/h3-14,20H,2H2,1H3,(H,28,29)/t20-/m0/s1. The van der Waals surface area contributed by atoms with E-state index in [-0.39, 0.29) is 17.8 Å². The summed E-state index contributed by atoms with van der Waals surface area (Å²) in [6, 6.07) is 13.2. The van der Waals surface area contributed by atoms with Crippen LogP contribution in [0.5, 0.6) is 0 Å². The number of aromatic nitrogens is 3. The van der Waals surface area contributed by atoms with Crippen LogP contribution in [0, 0.1) is 5.82 Å². The fourth-order valence-electron chi connectivity index (χ4n) is 3.29. The Hall–Kier alpha value is -3.67. The number of fused-ring (bicyclic) bond motifs is 1. The summed E-state index contributed by atoms with van der Waals surface area (Å²) in [5.74, 6) is -0.592. The number of nitrogens with one attached hydrogen (secondary N) is 1. The zero-order chi connectivity index (χ0) is 20.2. The van der Waals surface area contributed by atoms with Gasteiger partial charge in [-0.1, -0.05) is 25.1 Å². The lowest BCUT2D eigenvalue weighted by molar-refractivity contribution is 0.0931. The molecule has 0 saturated carbocycles. The average molecular weight is 386 g/mol. The third-order valence-electron chi connectivity index (χ3n) is 4.80. The first kappa shape index (κ1) is 18.7. The Balaban J connectivity index is 1.71. The number of hydrogen-bond donors (Lipinski definition) is 1. The van der Waals surface area contributed by atoms with Crippen LogP contribution in [-0.4, -0.2) is 20.9 Å². The molecule has 0 fully saturated rings. The van der Waals surface area contributed by atoms with E-state index in [9.17, 15) is 9.18 Å². The molecule has 3 aromatic heterocycles. The second-order valence-corrected chi connectivity index (χ2v) is 6.68. The number of hydrogen-bond acceptors (Lipinski definition) is 4. The molecule has 1 aromatic carbocycles. The fraction of sp³-hybridized carbons (Fsp3) is 0.130. The SMILES string of the molecule is CC[C@H](NC(=O)c1cc(-c2cccnc2)c2cnccc2n1)c1ccc(F)cc1. The minimum atomic E-state index is -0.305. The van der Waals surface area contributed by atoms with E-state index in [1.165, 1.54) is 12.1 Å². The summed E-state index contributed by atoms with van der Waals surface area (Å²) in [5, 5.41) is 3.86. The van der Waals surface area contributed by atoms with Crippen molar-refractivity contribution in [2.75, 3.05) is 0 Å². The van der Waals surface area contributed by atoms with Crippen molar-refractivity contribution in [3.8, 4) is 11.1 Å². The molecule has 0 unspecified atom stereocenters. The lowest BCUT2D eigenvalue weighted by Crippen LogP contribution is -2.29. The first-order chi connectivity index (χ1) is 14.2. The van der Waals surface area contributed by atoms with Crippen LogP contribution in [0.3, 0.4) is 0 Å². The van der Waals surface area contributed by atoms with Gasteiger partial charge in [-0.25, -0.2) is 9.37 Å². The highest BCUT2D eigenvalue weighted by molar-refractivity contribution is 6.01. The van der Waals surface area contributed by atoms with Crippen molar-refractivity contribution in [3.63, 3.8) is 0 Å². The fourth-order valence-corrected chi connectivity index (χ4v) is 3.29. The molecular formula is C23H19FN4O. The maximum atomic E-state index is 13.2. The third kappa shape index (κ3) is 3.96. The largest absolute Gasteiger partial charge is 0.344 e. The molecule has 0 saturated heterocycles. The number of nitrogens with zero attached hydrogens (tertiary/aromatic N) is 3. The van der Waals surface area contributed by atoms with Crippen LogP contribution in [0.15, 0.2) is 73.3 Å². The van der Waals surface area contributed by atoms with Crippen LogP contribution in [0.25, 0.3) is 22.0 Å². The molecule has 0 radical (unpaired) electrons. The Morgan fingerprint density at radius 1 is 1.07 bits per heavy atom. The number of halogens is 1. The van der Waals surface area contributed by atoms with Crippen molar-refractivity contribution >= 4 is 16.8 Å². The van der Waals surface area contributed by atoms with Gasteiger partial charge in [0, 0.05) is 35.7 Å². The molecule has 1 amide bonds. The summed E-state index contributed by atoms with van der Waals surface area (Å²) in [6.45, 7) is 1.97. The van der Waals surface area contributed by atoms with Crippen LogP contribution in [-0.2, 0) is 0 Å². The molecule has 5 nitrogen and oxygen atoms in total. The van der Waals surface area contributed by atoms with E-state index in [1.807, 2.05) is 19.1 Å². The van der Waals surface area contributed by atoms with Gasteiger partial charge in [0.1, 0.15) is 11.5 Å². The second-order valence-electron chi connectivity index (χ2n) is 6.68. The number of carbonyl (C=O) groups excluding carboxylic acids is 1. The summed E-state index contributed by atoms with van der Waals surface area (Å²) in [4.78, 5) is 25.9. The molecular weight excluding hydrogens is 367 g/mol. The molecule has 1 N–H and O–H groups in total. The zero-order valence-electron chi connectivity index (χ0n) is 15.8. The van der Waals surface area contributed by atoms with Gasteiger partial charge in [-0.3, -0.25) is 14.8 Å². The Morgan fingerprint density at radius 3 is 2.59 bits per heavy atom. The first-order valence-corrected chi connectivity index (χ1v) is 9.37. The van der Waals surface area contributed by atoms with Gasteiger partial charge in [-0.05, 0) is 47.9 Å². The van der Waals surface area contributed by atoms with E-state index in [1.54, 1.807) is 49.1 Å². The third-order valence-corrected chi connectivity index (χ3v) is 4.80. The predicted molar refractivity (Wildman–Crippen MR) is 110 cm³/mol. The summed E-state index contributed by atoms with van der Waals surface area (Å²) in [7, 11) is 0. The van der Waals surface area contributed by atoms with Gasteiger partial charge in [-0.15, -0.1) is 0 Å². The highest BCUT2D eigenvalue weighted by atomic mass is 19.1. The maximum Gasteiger partial charge on any atom is 0.270 e. The summed E-state index contributed by atoms with van der Waals surface area (Å²) in [6.07, 6.45) is 7.51. The lowest BCUT2D eigenvalue weighted by Gasteiger charge is -2.18. The van der Waals surface area contributed by atoms with E-state index in [0.717, 1.165) is 22.1 Å². The van der Waals surface area contributed by atoms with Gasteiger partial charge in [0.2, 0.25) is 0 Å². The second kappa shape index (κ2) is 8.14. The van der Waals surface area contributed by atoms with Crippen molar-refractivity contribution in [3.05, 3.63) is 90.4 Å². The average Bonchev–Trinajstić information content (AvgIpc) is 2.78. The quantitative estimate of drug-likeness (QED) is 0.539. The van der Waals surface area contributed by atoms with E-state index in [2.05, 4.69) is 20.3 Å². The molecule has 0 aliphatic carbocycles. The molecule has 29 heavy (non-hydrogen) atoms. The Labute approximate surface area is 167 Å². The molecule has 4 rings (SSSR count). The summed E-state index contributed by atoms with van der Waals surface area (Å²) < 4.78 is 13.2. The van der Waals surface area contributed by atoms with Crippen molar-refractivity contribution in [2.24, 2.45) is 0 Å². The molecule has 6 heteroatoms. The highest BCUT2D eigenvalue weighted by Crippen LogP contribution is 2.28. The number of amides is 1. The normalized spacial score (nSPS) is 11.9. The van der Waals surface area contributed by atoms with Gasteiger partial charge in [0.05, 0.1) is 11.6 Å². The zero-order valence-corrected chi connectivity index (χ0v) is 15.8. The first-order valence-electron chi connectivity index (χ1n) is 9.37.